The van der Waals surface area contributed by atoms with Gasteiger partial charge < -0.3 is 19.5 Å². The van der Waals surface area contributed by atoms with Crippen LogP contribution in [0.25, 0.3) is 0 Å². The van der Waals surface area contributed by atoms with Crippen LogP contribution in [0, 0.1) is 11.3 Å². The van der Waals surface area contributed by atoms with E-state index < -0.39 is 23.3 Å². The predicted molar refractivity (Wildman–Crippen MR) is 128 cm³/mol. The zero-order valence-corrected chi connectivity index (χ0v) is 21.2. The molecule has 1 aromatic heterocycles. The molecule has 2 aromatic rings. The van der Waals surface area contributed by atoms with Crippen LogP contribution in [0.5, 0.6) is 5.75 Å². The largest absolute Gasteiger partial charge is 0.497 e. The molecule has 1 atom stereocenters. The smallest absolute Gasteiger partial charge is 0.417 e. The number of methoxy groups -OCH3 is 1. The van der Waals surface area contributed by atoms with Crippen molar-refractivity contribution in [3.63, 3.8) is 0 Å². The van der Waals surface area contributed by atoms with Crippen molar-refractivity contribution in [1.29, 1.82) is 0 Å². The Kier molecular flexibility index (Phi) is 7.82. The van der Waals surface area contributed by atoms with Crippen molar-refractivity contribution in [2.45, 2.75) is 52.3 Å². The highest BCUT2D eigenvalue weighted by atomic mass is 19.4. The van der Waals surface area contributed by atoms with E-state index in [2.05, 4.69) is 5.32 Å². The minimum absolute atomic E-state index is 0.00492. The number of alkyl halides is 3. The first-order chi connectivity index (χ1) is 17.6. The molecule has 2 aliphatic heterocycles. The Bertz CT molecular complexity index is 1160. The van der Waals surface area contributed by atoms with E-state index >= 15 is 0 Å². The number of halogens is 3. The van der Waals surface area contributed by atoms with Crippen LogP contribution >= 0.6 is 0 Å². The van der Waals surface area contributed by atoms with Crippen LogP contribution in [0.2, 0.25) is 0 Å². The molecule has 0 saturated carbocycles. The third-order valence-electron chi connectivity index (χ3n) is 7.15. The highest BCUT2D eigenvalue weighted by Gasteiger charge is 2.40. The summed E-state index contributed by atoms with van der Waals surface area (Å²) in [7, 11) is 1.25. The van der Waals surface area contributed by atoms with Gasteiger partial charge in [0.2, 0.25) is 0 Å². The molecular weight excluding hydrogens is 491 g/mol. The van der Waals surface area contributed by atoms with E-state index in [0.29, 0.717) is 50.4 Å². The second-order valence-corrected chi connectivity index (χ2v) is 9.89. The van der Waals surface area contributed by atoms with Gasteiger partial charge in [-0.3, -0.25) is 9.48 Å². The van der Waals surface area contributed by atoms with E-state index in [0.717, 1.165) is 30.7 Å². The molecule has 1 spiro atoms. The summed E-state index contributed by atoms with van der Waals surface area (Å²) in [6.07, 6.45) is -1.82. The van der Waals surface area contributed by atoms with E-state index in [1.807, 2.05) is 18.5 Å². The van der Waals surface area contributed by atoms with Crippen molar-refractivity contribution in [1.82, 2.24) is 15.1 Å². The Morgan fingerprint density at radius 1 is 1.30 bits per heavy atom. The van der Waals surface area contributed by atoms with Crippen LogP contribution in [0.4, 0.5) is 13.2 Å². The molecule has 1 amide bonds. The van der Waals surface area contributed by atoms with Gasteiger partial charge in [-0.25, -0.2) is 4.79 Å². The molecule has 37 heavy (non-hydrogen) atoms. The number of ether oxygens (including phenoxy) is 3. The molecule has 1 N–H and O–H groups in total. The highest BCUT2D eigenvalue weighted by molar-refractivity contribution is 5.97. The Balaban J connectivity index is 1.51. The number of rotatable bonds is 7. The molecule has 1 fully saturated rings. The quantitative estimate of drug-likeness (QED) is 0.551. The van der Waals surface area contributed by atoms with Gasteiger partial charge in [0.05, 0.1) is 41.8 Å². The molecule has 0 bridgehead atoms. The minimum atomic E-state index is -4.74. The number of hydrogen-bond donors (Lipinski definition) is 1. The fourth-order valence-corrected chi connectivity index (χ4v) is 5.03. The van der Waals surface area contributed by atoms with Crippen LogP contribution in [0.1, 0.15) is 64.4 Å². The summed E-state index contributed by atoms with van der Waals surface area (Å²) in [6, 6.07) is 3.13. The van der Waals surface area contributed by atoms with Gasteiger partial charge in [0, 0.05) is 32.2 Å². The molecule has 11 heteroatoms. The topological polar surface area (TPSA) is 91.7 Å². The van der Waals surface area contributed by atoms with Crippen molar-refractivity contribution in [2.24, 2.45) is 11.3 Å². The number of hydrogen-bond acceptors (Lipinski definition) is 6. The number of amides is 1. The summed E-state index contributed by atoms with van der Waals surface area (Å²) in [6.45, 7) is 5.85. The number of carbonyl (C=O) groups is 2. The highest BCUT2D eigenvalue weighted by Crippen LogP contribution is 2.38. The molecule has 1 aromatic carbocycles. The summed E-state index contributed by atoms with van der Waals surface area (Å²) >= 11 is 0. The summed E-state index contributed by atoms with van der Waals surface area (Å²) in [4.78, 5) is 25.6. The van der Waals surface area contributed by atoms with Crippen molar-refractivity contribution < 1.29 is 37.0 Å². The average Bonchev–Trinajstić information content (AvgIpc) is 3.14. The normalized spacial score (nSPS) is 18.1. The van der Waals surface area contributed by atoms with Crippen LogP contribution < -0.4 is 10.1 Å². The van der Waals surface area contributed by atoms with Crippen LogP contribution in [-0.2, 0) is 35.0 Å². The molecule has 202 valence electrons. The number of esters is 1. The number of aromatic nitrogens is 2. The van der Waals surface area contributed by atoms with Crippen molar-refractivity contribution >= 4 is 11.9 Å². The lowest BCUT2D eigenvalue weighted by Crippen LogP contribution is -2.41. The maximum Gasteiger partial charge on any atom is 0.417 e. The summed E-state index contributed by atoms with van der Waals surface area (Å²) in [5.74, 6) is -1.47. The van der Waals surface area contributed by atoms with Gasteiger partial charge >= 0.3 is 12.1 Å². The van der Waals surface area contributed by atoms with Crippen molar-refractivity contribution in [2.75, 3.05) is 33.5 Å². The lowest BCUT2D eigenvalue weighted by molar-refractivity contribution is -0.138. The summed E-state index contributed by atoms with van der Waals surface area (Å²) in [5, 5.41) is 7.76. The molecule has 8 nitrogen and oxygen atoms in total. The van der Waals surface area contributed by atoms with E-state index in [1.54, 1.807) is 0 Å². The molecule has 4 rings (SSSR count). The van der Waals surface area contributed by atoms with E-state index in [9.17, 15) is 22.8 Å². The van der Waals surface area contributed by atoms with Crippen LogP contribution in [0.15, 0.2) is 18.2 Å². The minimum Gasteiger partial charge on any atom is -0.497 e. The molecule has 0 unspecified atom stereocenters. The number of benzene rings is 1. The standard InChI is InChI=1S/C26H32F3N3O5/c1-4-20-22-21(12-25(15-30-23(22)33)7-9-36-10-8-25)32(31-20)13-16(2)14-37-24(34)18-6-5-17(35-3)11-19(18)26(27,28)29/h5-6,11,16H,4,7-10,12-15H2,1-3H3,(H,30,33)/t16-/m1/s1. The van der Waals surface area contributed by atoms with Crippen LogP contribution in [0.3, 0.4) is 0 Å². The number of carbonyl (C=O) groups excluding carboxylic acids is 2. The molecule has 2 aliphatic rings. The Morgan fingerprint density at radius 3 is 2.68 bits per heavy atom. The molecule has 1 saturated heterocycles. The Hall–Kier alpha value is -3.08. The average molecular weight is 524 g/mol. The van der Waals surface area contributed by atoms with Crippen LogP contribution in [-0.4, -0.2) is 55.1 Å². The second kappa shape index (κ2) is 10.7. The van der Waals surface area contributed by atoms with E-state index in [-0.39, 0.29) is 29.6 Å². The molecule has 0 radical (unpaired) electrons. The zero-order valence-electron chi connectivity index (χ0n) is 21.2. The van der Waals surface area contributed by atoms with Gasteiger partial charge in [-0.1, -0.05) is 13.8 Å². The lowest BCUT2D eigenvalue weighted by atomic mass is 9.76. The molecular formula is C26H32F3N3O5. The number of aryl methyl sites for hydroxylation is 1. The maximum atomic E-state index is 13.5. The third-order valence-corrected chi connectivity index (χ3v) is 7.15. The second-order valence-electron chi connectivity index (χ2n) is 9.89. The van der Waals surface area contributed by atoms with Gasteiger partial charge in [-0.15, -0.1) is 0 Å². The third kappa shape index (κ3) is 5.76. The number of fused-ring (bicyclic) bond motifs is 1. The first-order valence-electron chi connectivity index (χ1n) is 12.4. The first-order valence-corrected chi connectivity index (χ1v) is 12.4. The first kappa shape index (κ1) is 27.0. The van der Waals surface area contributed by atoms with Crippen molar-refractivity contribution in [3.8, 4) is 5.75 Å². The number of nitrogens with zero attached hydrogens (tertiary/aromatic N) is 2. The summed E-state index contributed by atoms with van der Waals surface area (Å²) in [5.41, 5.74) is 0.362. The van der Waals surface area contributed by atoms with E-state index in [4.69, 9.17) is 19.3 Å². The summed E-state index contributed by atoms with van der Waals surface area (Å²) < 4.78 is 58.0. The van der Waals surface area contributed by atoms with E-state index in [1.165, 1.54) is 13.2 Å². The molecule has 0 aliphatic carbocycles. The number of nitrogens with one attached hydrogen (secondary N) is 1. The lowest BCUT2D eigenvalue weighted by Gasteiger charge is -2.36. The van der Waals surface area contributed by atoms with Gasteiger partial charge in [-0.05, 0) is 49.3 Å². The van der Waals surface area contributed by atoms with Crippen molar-refractivity contribution in [3.05, 3.63) is 46.3 Å². The Morgan fingerprint density at radius 2 is 2.03 bits per heavy atom. The fourth-order valence-electron chi connectivity index (χ4n) is 5.03. The fraction of sp³-hybridized carbons (Fsp3) is 0.577. The Labute approximate surface area is 213 Å². The van der Waals surface area contributed by atoms with Gasteiger partial charge in [0.15, 0.2) is 0 Å². The maximum absolute atomic E-state index is 13.5. The van der Waals surface area contributed by atoms with Gasteiger partial charge in [-0.2, -0.15) is 18.3 Å². The SMILES string of the molecule is CCc1nn(C[C@@H](C)COC(=O)c2ccc(OC)cc2C(F)(F)F)c2c1C(=O)NCC1(CCOCC1)C2. The predicted octanol–water partition coefficient (Wildman–Crippen LogP) is 4.05. The zero-order chi connectivity index (χ0) is 26.8. The van der Waals surface area contributed by atoms with Gasteiger partial charge in [0.25, 0.3) is 5.91 Å². The molecule has 3 heterocycles. The monoisotopic (exact) mass is 523 g/mol. The van der Waals surface area contributed by atoms with Gasteiger partial charge in [0.1, 0.15) is 5.75 Å².